The molecule has 16 heavy (non-hydrogen) atoms. The average molecular weight is 238 g/mol. The van der Waals surface area contributed by atoms with Gasteiger partial charge in [0.1, 0.15) is 0 Å². The Morgan fingerprint density at radius 1 is 1.56 bits per heavy atom. The summed E-state index contributed by atoms with van der Waals surface area (Å²) >= 11 is 5.89. The highest BCUT2D eigenvalue weighted by Crippen LogP contribution is 2.24. The van der Waals surface area contributed by atoms with Gasteiger partial charge in [-0.05, 0) is 24.6 Å². The van der Waals surface area contributed by atoms with Gasteiger partial charge in [-0.2, -0.15) is 0 Å². The lowest BCUT2D eigenvalue weighted by atomic mass is 10.0. The number of hydrogen-bond donors (Lipinski definition) is 1. The minimum absolute atomic E-state index is 0.280. The van der Waals surface area contributed by atoms with Gasteiger partial charge in [0.25, 0.3) is 0 Å². The van der Waals surface area contributed by atoms with E-state index < -0.39 is 5.97 Å². The quantitative estimate of drug-likeness (QED) is 0.488. The molecule has 0 unspecified atom stereocenters. The molecular weight excluding hydrogens is 226 g/mol. The SMILES string of the molecule is CC#CCc1cc(Cl)cc(C(=O)OC)c1N. The summed E-state index contributed by atoms with van der Waals surface area (Å²) < 4.78 is 4.62. The second-order valence-electron chi connectivity index (χ2n) is 3.12. The Hall–Kier alpha value is -1.66. The number of benzene rings is 1. The smallest absolute Gasteiger partial charge is 0.340 e. The van der Waals surface area contributed by atoms with Crippen molar-refractivity contribution in [3.05, 3.63) is 28.3 Å². The fourth-order valence-electron chi connectivity index (χ4n) is 1.28. The predicted molar refractivity (Wildman–Crippen MR) is 64.4 cm³/mol. The maximum atomic E-state index is 11.4. The van der Waals surface area contributed by atoms with E-state index in [1.165, 1.54) is 13.2 Å². The van der Waals surface area contributed by atoms with Crippen molar-refractivity contribution < 1.29 is 9.53 Å². The Kier molecular flexibility index (Phi) is 4.21. The Balaban J connectivity index is 3.23. The predicted octanol–water partition coefficient (Wildman–Crippen LogP) is 2.27. The number of methoxy groups -OCH3 is 1. The van der Waals surface area contributed by atoms with Crippen molar-refractivity contribution in [2.24, 2.45) is 0 Å². The highest BCUT2D eigenvalue weighted by molar-refractivity contribution is 6.31. The molecule has 0 atom stereocenters. The molecule has 1 aromatic rings. The van der Waals surface area contributed by atoms with Gasteiger partial charge in [-0.25, -0.2) is 4.79 Å². The van der Waals surface area contributed by atoms with E-state index in [9.17, 15) is 4.79 Å². The fraction of sp³-hybridized carbons (Fsp3) is 0.250. The van der Waals surface area contributed by atoms with Crippen LogP contribution in [0.25, 0.3) is 0 Å². The molecule has 0 fully saturated rings. The first-order chi connectivity index (χ1) is 7.60. The van der Waals surface area contributed by atoms with E-state index in [4.69, 9.17) is 17.3 Å². The van der Waals surface area contributed by atoms with Crippen molar-refractivity contribution >= 4 is 23.3 Å². The Morgan fingerprint density at radius 3 is 2.81 bits per heavy atom. The van der Waals surface area contributed by atoms with Crippen LogP contribution >= 0.6 is 11.6 Å². The van der Waals surface area contributed by atoms with Crippen LogP contribution in [0, 0.1) is 11.8 Å². The number of ether oxygens (including phenoxy) is 1. The molecule has 0 bridgehead atoms. The highest BCUT2D eigenvalue weighted by Gasteiger charge is 2.14. The molecule has 2 N–H and O–H groups in total. The maximum absolute atomic E-state index is 11.4. The first-order valence-corrected chi connectivity index (χ1v) is 5.03. The molecule has 0 amide bonds. The molecule has 1 aromatic carbocycles. The number of nitrogen functional groups attached to an aromatic ring is 1. The summed E-state index contributed by atoms with van der Waals surface area (Å²) in [6.45, 7) is 1.74. The zero-order chi connectivity index (χ0) is 12.1. The van der Waals surface area contributed by atoms with Crippen molar-refractivity contribution in [1.29, 1.82) is 0 Å². The maximum Gasteiger partial charge on any atom is 0.340 e. The third-order valence-corrected chi connectivity index (χ3v) is 2.31. The van der Waals surface area contributed by atoms with Gasteiger partial charge < -0.3 is 10.5 Å². The summed E-state index contributed by atoms with van der Waals surface area (Å²) in [4.78, 5) is 11.4. The summed E-state index contributed by atoms with van der Waals surface area (Å²) in [5, 5.41) is 0.447. The first kappa shape index (κ1) is 12.4. The minimum Gasteiger partial charge on any atom is -0.465 e. The monoisotopic (exact) mass is 237 g/mol. The van der Waals surface area contributed by atoms with Crippen LogP contribution in [0.2, 0.25) is 5.02 Å². The zero-order valence-corrected chi connectivity index (χ0v) is 9.89. The summed E-state index contributed by atoms with van der Waals surface area (Å²) in [5.74, 6) is 5.14. The molecule has 1 rings (SSSR count). The standard InChI is InChI=1S/C12H12ClNO2/c1-3-4-5-8-6-9(13)7-10(11(8)14)12(15)16-2/h6-7H,5,14H2,1-2H3. The fourth-order valence-corrected chi connectivity index (χ4v) is 1.52. The van der Waals surface area contributed by atoms with Crippen LogP contribution in [0.5, 0.6) is 0 Å². The van der Waals surface area contributed by atoms with Gasteiger partial charge in [-0.3, -0.25) is 0 Å². The highest BCUT2D eigenvalue weighted by atomic mass is 35.5. The second-order valence-corrected chi connectivity index (χ2v) is 3.56. The molecule has 84 valence electrons. The molecule has 0 spiro atoms. The molecule has 3 nitrogen and oxygen atoms in total. The lowest BCUT2D eigenvalue weighted by molar-refractivity contribution is 0.0602. The lowest BCUT2D eigenvalue weighted by Gasteiger charge is -2.08. The number of esters is 1. The number of rotatable bonds is 2. The largest absolute Gasteiger partial charge is 0.465 e. The van der Waals surface area contributed by atoms with Crippen LogP contribution in [-0.2, 0) is 11.2 Å². The van der Waals surface area contributed by atoms with E-state index in [0.717, 1.165) is 5.56 Å². The Morgan fingerprint density at radius 2 is 2.25 bits per heavy atom. The van der Waals surface area contributed by atoms with E-state index in [0.29, 0.717) is 17.1 Å². The summed E-state index contributed by atoms with van der Waals surface area (Å²) in [6.07, 6.45) is 0.465. The van der Waals surface area contributed by atoms with E-state index in [2.05, 4.69) is 16.6 Å². The zero-order valence-electron chi connectivity index (χ0n) is 9.13. The summed E-state index contributed by atoms with van der Waals surface area (Å²) in [6, 6.07) is 3.19. The van der Waals surface area contributed by atoms with Crippen LogP contribution < -0.4 is 5.73 Å². The first-order valence-electron chi connectivity index (χ1n) is 4.66. The average Bonchev–Trinajstić information content (AvgIpc) is 2.28. The summed E-state index contributed by atoms with van der Waals surface area (Å²) in [5.41, 5.74) is 7.23. The van der Waals surface area contributed by atoms with Gasteiger partial charge in [0.15, 0.2) is 0 Å². The van der Waals surface area contributed by atoms with Crippen molar-refractivity contribution in [3.8, 4) is 11.8 Å². The van der Waals surface area contributed by atoms with Gasteiger partial charge in [-0.1, -0.05) is 17.5 Å². The van der Waals surface area contributed by atoms with E-state index >= 15 is 0 Å². The van der Waals surface area contributed by atoms with Gasteiger partial charge in [0.2, 0.25) is 0 Å². The number of hydrogen-bond acceptors (Lipinski definition) is 3. The number of halogens is 1. The molecule has 0 heterocycles. The molecule has 0 aliphatic heterocycles. The molecule has 4 heteroatoms. The van der Waals surface area contributed by atoms with Crippen molar-refractivity contribution in [1.82, 2.24) is 0 Å². The molecule has 0 saturated carbocycles. The molecule has 0 aliphatic rings. The lowest BCUT2D eigenvalue weighted by Crippen LogP contribution is -2.08. The van der Waals surface area contributed by atoms with Crippen LogP contribution in [-0.4, -0.2) is 13.1 Å². The number of carbonyl (C=O) groups excluding carboxylic acids is 1. The molecule has 0 radical (unpaired) electrons. The number of carbonyl (C=O) groups is 1. The van der Waals surface area contributed by atoms with Crippen molar-refractivity contribution in [2.45, 2.75) is 13.3 Å². The van der Waals surface area contributed by atoms with Gasteiger partial charge >= 0.3 is 5.97 Å². The van der Waals surface area contributed by atoms with Gasteiger partial charge in [-0.15, -0.1) is 5.92 Å². The molecule has 0 aromatic heterocycles. The summed E-state index contributed by atoms with van der Waals surface area (Å²) in [7, 11) is 1.30. The molecule has 0 saturated heterocycles. The van der Waals surface area contributed by atoms with Gasteiger partial charge in [0, 0.05) is 11.4 Å². The Bertz CT molecular complexity index is 472. The number of anilines is 1. The van der Waals surface area contributed by atoms with Gasteiger partial charge in [0.05, 0.1) is 18.4 Å². The van der Waals surface area contributed by atoms with Crippen LogP contribution in [0.3, 0.4) is 0 Å². The van der Waals surface area contributed by atoms with E-state index in [1.807, 2.05) is 0 Å². The van der Waals surface area contributed by atoms with Crippen LogP contribution in [0.15, 0.2) is 12.1 Å². The second kappa shape index (κ2) is 5.43. The van der Waals surface area contributed by atoms with E-state index in [-0.39, 0.29) is 5.56 Å². The van der Waals surface area contributed by atoms with Crippen molar-refractivity contribution in [3.63, 3.8) is 0 Å². The third-order valence-electron chi connectivity index (χ3n) is 2.09. The molecular formula is C12H12ClNO2. The molecule has 0 aliphatic carbocycles. The Labute approximate surface area is 99.5 Å². The van der Waals surface area contributed by atoms with Crippen LogP contribution in [0.4, 0.5) is 5.69 Å². The minimum atomic E-state index is -0.495. The third kappa shape index (κ3) is 2.68. The topological polar surface area (TPSA) is 52.3 Å². The number of nitrogens with two attached hydrogens (primary N) is 1. The normalized spacial score (nSPS) is 9.19. The van der Waals surface area contributed by atoms with E-state index in [1.54, 1.807) is 13.0 Å². The van der Waals surface area contributed by atoms with Crippen LogP contribution in [0.1, 0.15) is 22.8 Å². The van der Waals surface area contributed by atoms with Crippen molar-refractivity contribution in [2.75, 3.05) is 12.8 Å².